The summed E-state index contributed by atoms with van der Waals surface area (Å²) in [4.78, 5) is 12.2. The van der Waals surface area contributed by atoms with Gasteiger partial charge < -0.3 is 14.8 Å². The van der Waals surface area contributed by atoms with Crippen LogP contribution < -0.4 is 14.8 Å². The third-order valence-electron chi connectivity index (χ3n) is 3.62. The molecule has 4 nitrogen and oxygen atoms in total. The summed E-state index contributed by atoms with van der Waals surface area (Å²) in [5.41, 5.74) is -0.0841. The summed E-state index contributed by atoms with van der Waals surface area (Å²) >= 11 is 0. The Kier molecular flexibility index (Phi) is 5.56. The van der Waals surface area contributed by atoms with Crippen molar-refractivity contribution in [3.05, 3.63) is 47.5 Å². The van der Waals surface area contributed by atoms with Crippen LogP contribution in [0.2, 0.25) is 0 Å². The fourth-order valence-corrected chi connectivity index (χ4v) is 2.42. The molecule has 0 spiro atoms. The van der Waals surface area contributed by atoms with E-state index in [1.807, 2.05) is 0 Å². The van der Waals surface area contributed by atoms with Crippen LogP contribution in [0.3, 0.4) is 0 Å². The Morgan fingerprint density at radius 1 is 1.04 bits per heavy atom. The number of rotatable bonds is 5. The highest BCUT2D eigenvalue weighted by atomic mass is 19.4. The molecule has 0 unspecified atom stereocenters. The summed E-state index contributed by atoms with van der Waals surface area (Å²) in [5.74, 6) is 0.359. The van der Waals surface area contributed by atoms with Gasteiger partial charge in [-0.25, -0.2) is 0 Å². The number of alkyl halides is 3. The van der Waals surface area contributed by atoms with E-state index in [0.717, 1.165) is 12.1 Å². The van der Waals surface area contributed by atoms with Crippen LogP contribution in [0.4, 0.5) is 13.2 Å². The van der Waals surface area contributed by atoms with E-state index in [0.29, 0.717) is 23.6 Å². The number of ether oxygens (including phenoxy) is 2. The Morgan fingerprint density at radius 2 is 1.72 bits per heavy atom. The molecule has 2 aromatic rings. The first-order chi connectivity index (χ1) is 11.8. The molecule has 0 aliphatic carbocycles. The maximum absolute atomic E-state index is 13.1. The van der Waals surface area contributed by atoms with Gasteiger partial charge in [0.1, 0.15) is 0 Å². The molecule has 1 amide bonds. The van der Waals surface area contributed by atoms with E-state index in [1.165, 1.54) is 26.4 Å². The van der Waals surface area contributed by atoms with Crippen LogP contribution >= 0.6 is 0 Å². The van der Waals surface area contributed by atoms with Gasteiger partial charge in [0.25, 0.3) is 5.91 Å². The van der Waals surface area contributed by atoms with E-state index in [4.69, 9.17) is 9.47 Å². The van der Waals surface area contributed by atoms with Gasteiger partial charge in [-0.1, -0.05) is 6.07 Å². The zero-order chi connectivity index (χ0) is 18.6. The largest absolute Gasteiger partial charge is 0.493 e. The summed E-state index contributed by atoms with van der Waals surface area (Å²) in [5, 5.41) is 2.61. The maximum atomic E-state index is 13.1. The number of hydrogen-bond donors (Lipinski definition) is 1. The standard InChI is InChI=1S/C18H18F3NO3/c1-4-22-17(23)13-7-6-12(18(19,20)21)10-14(13)11-5-8-15(24-2)16(9-11)25-3/h5-10H,4H2,1-3H3,(H,22,23). The van der Waals surface area contributed by atoms with Crippen molar-refractivity contribution in [2.75, 3.05) is 20.8 Å². The number of carbonyl (C=O) groups excluding carboxylic acids is 1. The molecule has 0 aliphatic rings. The first-order valence-corrected chi connectivity index (χ1v) is 7.53. The number of amides is 1. The monoisotopic (exact) mass is 353 g/mol. The maximum Gasteiger partial charge on any atom is 0.416 e. The molecule has 134 valence electrons. The van der Waals surface area contributed by atoms with Gasteiger partial charge in [-0.05, 0) is 48.4 Å². The number of carbonyl (C=O) groups is 1. The van der Waals surface area contributed by atoms with Gasteiger partial charge in [-0.15, -0.1) is 0 Å². The Bertz CT molecular complexity index is 773. The molecule has 0 saturated carbocycles. The van der Waals surface area contributed by atoms with Crippen LogP contribution in [-0.4, -0.2) is 26.7 Å². The summed E-state index contributed by atoms with van der Waals surface area (Å²) < 4.78 is 49.6. The van der Waals surface area contributed by atoms with Gasteiger partial charge in [-0.3, -0.25) is 4.79 Å². The second-order valence-corrected chi connectivity index (χ2v) is 5.19. The van der Waals surface area contributed by atoms with E-state index >= 15 is 0 Å². The second-order valence-electron chi connectivity index (χ2n) is 5.19. The van der Waals surface area contributed by atoms with Crippen LogP contribution in [0, 0.1) is 0 Å². The lowest BCUT2D eigenvalue weighted by atomic mass is 9.96. The highest BCUT2D eigenvalue weighted by molar-refractivity contribution is 6.01. The lowest BCUT2D eigenvalue weighted by Gasteiger charge is -2.15. The quantitative estimate of drug-likeness (QED) is 0.879. The lowest BCUT2D eigenvalue weighted by Crippen LogP contribution is -2.23. The number of nitrogens with one attached hydrogen (secondary N) is 1. The Labute approximate surface area is 143 Å². The molecule has 0 radical (unpaired) electrons. The molecule has 2 aromatic carbocycles. The third-order valence-corrected chi connectivity index (χ3v) is 3.62. The molecule has 7 heteroatoms. The van der Waals surface area contributed by atoms with Crippen LogP contribution in [-0.2, 0) is 6.18 Å². The predicted molar refractivity (Wildman–Crippen MR) is 88.0 cm³/mol. The zero-order valence-electron chi connectivity index (χ0n) is 14.0. The topological polar surface area (TPSA) is 47.6 Å². The van der Waals surface area contributed by atoms with E-state index in [2.05, 4.69) is 5.32 Å². The minimum atomic E-state index is -4.51. The van der Waals surface area contributed by atoms with Crippen LogP contribution in [0.15, 0.2) is 36.4 Å². The third kappa shape index (κ3) is 4.04. The number of methoxy groups -OCH3 is 2. The minimum Gasteiger partial charge on any atom is -0.493 e. The van der Waals surface area contributed by atoms with Crippen molar-refractivity contribution >= 4 is 5.91 Å². The highest BCUT2D eigenvalue weighted by Crippen LogP contribution is 2.37. The zero-order valence-corrected chi connectivity index (χ0v) is 14.0. The van der Waals surface area contributed by atoms with Gasteiger partial charge in [0.05, 0.1) is 19.8 Å². The molecule has 2 rings (SSSR count). The number of benzene rings is 2. The summed E-state index contributed by atoms with van der Waals surface area (Å²) in [6.07, 6.45) is -4.51. The van der Waals surface area contributed by atoms with Crippen molar-refractivity contribution in [1.82, 2.24) is 5.32 Å². The molecule has 0 fully saturated rings. The summed E-state index contributed by atoms with van der Waals surface area (Å²) in [7, 11) is 2.89. The van der Waals surface area contributed by atoms with Crippen molar-refractivity contribution in [3.8, 4) is 22.6 Å². The highest BCUT2D eigenvalue weighted by Gasteiger charge is 2.31. The van der Waals surface area contributed by atoms with Gasteiger partial charge in [-0.2, -0.15) is 13.2 Å². The van der Waals surface area contributed by atoms with E-state index in [-0.39, 0.29) is 11.1 Å². The molecule has 0 heterocycles. The molecule has 1 N–H and O–H groups in total. The van der Waals surface area contributed by atoms with Crippen LogP contribution in [0.1, 0.15) is 22.8 Å². The van der Waals surface area contributed by atoms with Gasteiger partial charge in [0, 0.05) is 12.1 Å². The molecular formula is C18H18F3NO3. The van der Waals surface area contributed by atoms with Crippen molar-refractivity contribution in [2.45, 2.75) is 13.1 Å². The van der Waals surface area contributed by atoms with Crippen molar-refractivity contribution in [3.63, 3.8) is 0 Å². The van der Waals surface area contributed by atoms with Crippen molar-refractivity contribution < 1.29 is 27.4 Å². The average molecular weight is 353 g/mol. The van der Waals surface area contributed by atoms with Gasteiger partial charge in [0.15, 0.2) is 11.5 Å². The number of halogens is 3. The van der Waals surface area contributed by atoms with Crippen molar-refractivity contribution in [1.29, 1.82) is 0 Å². The molecule has 25 heavy (non-hydrogen) atoms. The molecule has 0 aromatic heterocycles. The Morgan fingerprint density at radius 3 is 2.28 bits per heavy atom. The van der Waals surface area contributed by atoms with Gasteiger partial charge >= 0.3 is 6.18 Å². The smallest absolute Gasteiger partial charge is 0.416 e. The molecule has 0 saturated heterocycles. The Balaban J connectivity index is 2.65. The fourth-order valence-electron chi connectivity index (χ4n) is 2.42. The summed E-state index contributed by atoms with van der Waals surface area (Å²) in [6.45, 7) is 2.10. The number of hydrogen-bond acceptors (Lipinski definition) is 3. The van der Waals surface area contributed by atoms with Gasteiger partial charge in [0.2, 0.25) is 0 Å². The Hall–Kier alpha value is -2.70. The van der Waals surface area contributed by atoms with Crippen LogP contribution in [0.5, 0.6) is 11.5 Å². The first-order valence-electron chi connectivity index (χ1n) is 7.53. The average Bonchev–Trinajstić information content (AvgIpc) is 2.60. The first kappa shape index (κ1) is 18.6. The molecular weight excluding hydrogens is 335 g/mol. The molecule has 0 atom stereocenters. The van der Waals surface area contributed by atoms with E-state index in [1.54, 1.807) is 19.1 Å². The van der Waals surface area contributed by atoms with Crippen LogP contribution in [0.25, 0.3) is 11.1 Å². The molecule has 0 bridgehead atoms. The fraction of sp³-hybridized carbons (Fsp3) is 0.278. The predicted octanol–water partition coefficient (Wildman–Crippen LogP) is 4.14. The lowest BCUT2D eigenvalue weighted by molar-refractivity contribution is -0.137. The normalized spacial score (nSPS) is 11.1. The second kappa shape index (κ2) is 7.46. The SMILES string of the molecule is CCNC(=O)c1ccc(C(F)(F)F)cc1-c1ccc(OC)c(OC)c1. The summed E-state index contributed by atoms with van der Waals surface area (Å²) in [6, 6.07) is 7.74. The van der Waals surface area contributed by atoms with E-state index in [9.17, 15) is 18.0 Å². The van der Waals surface area contributed by atoms with E-state index < -0.39 is 17.6 Å². The minimum absolute atomic E-state index is 0.155. The van der Waals surface area contributed by atoms with Crippen molar-refractivity contribution in [2.24, 2.45) is 0 Å². The molecule has 0 aliphatic heterocycles.